The topological polar surface area (TPSA) is 106 Å². The lowest BCUT2D eigenvalue weighted by atomic mass is 10.1. The Bertz CT molecular complexity index is 888. The van der Waals surface area contributed by atoms with Gasteiger partial charge < -0.3 is 14.6 Å². The van der Waals surface area contributed by atoms with E-state index in [4.69, 9.17) is 4.74 Å². The molecule has 1 heterocycles. The van der Waals surface area contributed by atoms with Crippen molar-refractivity contribution < 1.29 is 19.1 Å². The predicted octanol–water partition coefficient (Wildman–Crippen LogP) is 1.36. The second-order valence-corrected chi connectivity index (χ2v) is 5.65. The van der Waals surface area contributed by atoms with E-state index in [1.54, 1.807) is 18.2 Å². The molecule has 0 atom stereocenters. The summed E-state index contributed by atoms with van der Waals surface area (Å²) in [7, 11) is 0. The van der Waals surface area contributed by atoms with Gasteiger partial charge in [0.25, 0.3) is 11.5 Å². The highest BCUT2D eigenvalue weighted by molar-refractivity contribution is 6.02. The lowest BCUT2D eigenvalue weighted by molar-refractivity contribution is -0.148. The zero-order chi connectivity index (χ0) is 19.1. The summed E-state index contributed by atoms with van der Waals surface area (Å²) in [5.74, 6) is -1.54. The van der Waals surface area contributed by atoms with Crippen LogP contribution in [0, 0.1) is 13.8 Å². The number of urea groups is 1. The first-order chi connectivity index (χ1) is 12.3. The van der Waals surface area contributed by atoms with Crippen LogP contribution in [0.3, 0.4) is 0 Å². The van der Waals surface area contributed by atoms with E-state index < -0.39 is 24.5 Å². The molecule has 1 aromatic carbocycles. The molecular formula is C18H19N3O5. The smallest absolute Gasteiger partial charge is 0.326 e. The molecule has 1 aromatic heterocycles. The molecule has 0 aliphatic heterocycles. The summed E-state index contributed by atoms with van der Waals surface area (Å²) in [6.07, 6.45) is 1.43. The third-order valence-electron chi connectivity index (χ3n) is 3.45. The van der Waals surface area contributed by atoms with Gasteiger partial charge >= 0.3 is 12.0 Å². The van der Waals surface area contributed by atoms with Crippen LogP contribution in [-0.4, -0.2) is 29.1 Å². The van der Waals surface area contributed by atoms with Crippen molar-refractivity contribution in [2.24, 2.45) is 0 Å². The van der Waals surface area contributed by atoms with Crippen molar-refractivity contribution in [1.29, 1.82) is 0 Å². The molecule has 0 aliphatic rings. The summed E-state index contributed by atoms with van der Waals surface area (Å²) < 4.78 is 5.91. The van der Waals surface area contributed by atoms with Crippen LogP contribution in [0.4, 0.5) is 10.5 Å². The fourth-order valence-corrected chi connectivity index (χ4v) is 2.19. The number of ether oxygens (including phenoxy) is 1. The van der Waals surface area contributed by atoms with E-state index in [1.807, 2.05) is 26.0 Å². The van der Waals surface area contributed by atoms with Gasteiger partial charge in [-0.05, 0) is 31.5 Å². The molecule has 2 N–H and O–H groups in total. The molecule has 3 amide bonds. The number of hydrogen-bond donors (Lipinski definition) is 2. The molecule has 0 unspecified atom stereocenters. The number of anilines is 1. The number of aromatic nitrogens is 1. The standard InChI is InChI=1S/C18H19N3O5/c1-12-6-7-14(13(2)9-12)19-18(25)20-15(22)11-26-17(24)10-21-8-4-3-5-16(21)23/h3-9H,10-11H2,1-2H3,(H2,19,20,22,25). The van der Waals surface area contributed by atoms with Gasteiger partial charge in [-0.3, -0.25) is 19.7 Å². The molecule has 2 aromatic rings. The first kappa shape index (κ1) is 18.9. The second kappa shape index (κ2) is 8.61. The molecule has 0 radical (unpaired) electrons. The summed E-state index contributed by atoms with van der Waals surface area (Å²) in [4.78, 5) is 46.6. The molecule has 136 valence electrons. The van der Waals surface area contributed by atoms with Gasteiger partial charge in [-0.15, -0.1) is 0 Å². The third kappa shape index (κ3) is 5.59. The maximum atomic E-state index is 11.8. The molecule has 0 fully saturated rings. The highest BCUT2D eigenvalue weighted by Crippen LogP contribution is 2.15. The van der Waals surface area contributed by atoms with Crippen LogP contribution >= 0.6 is 0 Å². The average molecular weight is 357 g/mol. The average Bonchev–Trinajstić information content (AvgIpc) is 2.58. The molecule has 2 rings (SSSR count). The van der Waals surface area contributed by atoms with Crippen LogP contribution in [0.15, 0.2) is 47.4 Å². The number of carbonyl (C=O) groups is 3. The van der Waals surface area contributed by atoms with Crippen molar-refractivity contribution in [3.05, 3.63) is 64.1 Å². The van der Waals surface area contributed by atoms with Crippen LogP contribution < -0.4 is 16.2 Å². The molecule has 0 saturated carbocycles. The maximum absolute atomic E-state index is 11.8. The number of amides is 3. The van der Waals surface area contributed by atoms with E-state index in [0.29, 0.717) is 5.69 Å². The number of nitrogens with one attached hydrogen (secondary N) is 2. The Morgan fingerprint density at radius 1 is 1.12 bits per heavy atom. The minimum atomic E-state index is -0.777. The fraction of sp³-hybridized carbons (Fsp3) is 0.222. The van der Waals surface area contributed by atoms with Gasteiger partial charge in [0.1, 0.15) is 6.54 Å². The van der Waals surface area contributed by atoms with Gasteiger partial charge in [-0.25, -0.2) is 4.79 Å². The Morgan fingerprint density at radius 3 is 2.58 bits per heavy atom. The summed E-state index contributed by atoms with van der Waals surface area (Å²) in [5.41, 5.74) is 2.12. The molecule has 0 spiro atoms. The molecule has 0 bridgehead atoms. The number of carbonyl (C=O) groups excluding carboxylic acids is 3. The highest BCUT2D eigenvalue weighted by Gasteiger charge is 2.12. The van der Waals surface area contributed by atoms with Crippen molar-refractivity contribution in [3.63, 3.8) is 0 Å². The van der Waals surface area contributed by atoms with Gasteiger partial charge in [-0.1, -0.05) is 23.8 Å². The van der Waals surface area contributed by atoms with E-state index in [9.17, 15) is 19.2 Å². The van der Waals surface area contributed by atoms with Crippen molar-refractivity contribution in [2.45, 2.75) is 20.4 Å². The first-order valence-electron chi connectivity index (χ1n) is 7.84. The number of imide groups is 1. The number of pyridine rings is 1. The number of esters is 1. The third-order valence-corrected chi connectivity index (χ3v) is 3.45. The monoisotopic (exact) mass is 357 g/mol. The Morgan fingerprint density at radius 2 is 1.88 bits per heavy atom. The summed E-state index contributed by atoms with van der Waals surface area (Å²) in [5, 5.41) is 4.61. The Labute approximate surface area is 149 Å². The SMILES string of the molecule is Cc1ccc(NC(=O)NC(=O)COC(=O)Cn2ccccc2=O)c(C)c1. The van der Waals surface area contributed by atoms with Crippen molar-refractivity contribution in [3.8, 4) is 0 Å². The predicted molar refractivity (Wildman–Crippen MR) is 94.7 cm³/mol. The Balaban J connectivity index is 1.79. The zero-order valence-electron chi connectivity index (χ0n) is 14.4. The fourth-order valence-electron chi connectivity index (χ4n) is 2.19. The normalized spacial score (nSPS) is 10.1. The second-order valence-electron chi connectivity index (χ2n) is 5.65. The molecule has 8 heteroatoms. The highest BCUT2D eigenvalue weighted by atomic mass is 16.5. The zero-order valence-corrected chi connectivity index (χ0v) is 14.4. The summed E-state index contributed by atoms with van der Waals surface area (Å²) in [6.45, 7) is 2.82. The van der Waals surface area contributed by atoms with E-state index in [0.717, 1.165) is 15.7 Å². The van der Waals surface area contributed by atoms with Gasteiger partial charge in [0.05, 0.1) is 0 Å². The number of aryl methyl sites for hydroxylation is 2. The lowest BCUT2D eigenvalue weighted by Crippen LogP contribution is -2.37. The number of benzene rings is 1. The van der Waals surface area contributed by atoms with Gasteiger partial charge in [0, 0.05) is 18.0 Å². The van der Waals surface area contributed by atoms with Crippen LogP contribution in [0.2, 0.25) is 0 Å². The quantitative estimate of drug-likeness (QED) is 0.786. The molecule has 26 heavy (non-hydrogen) atoms. The van der Waals surface area contributed by atoms with E-state index in [1.165, 1.54) is 12.3 Å². The Hall–Kier alpha value is -3.42. The van der Waals surface area contributed by atoms with Crippen LogP contribution in [0.1, 0.15) is 11.1 Å². The summed E-state index contributed by atoms with van der Waals surface area (Å²) >= 11 is 0. The Kier molecular flexibility index (Phi) is 6.26. The van der Waals surface area contributed by atoms with Gasteiger partial charge in [0.2, 0.25) is 0 Å². The van der Waals surface area contributed by atoms with Crippen molar-refractivity contribution >= 4 is 23.6 Å². The maximum Gasteiger partial charge on any atom is 0.326 e. The summed E-state index contributed by atoms with van der Waals surface area (Å²) in [6, 6.07) is 9.18. The molecule has 0 saturated heterocycles. The number of nitrogens with zero attached hydrogens (tertiary/aromatic N) is 1. The first-order valence-corrected chi connectivity index (χ1v) is 7.84. The van der Waals surface area contributed by atoms with Crippen LogP contribution in [-0.2, 0) is 20.9 Å². The van der Waals surface area contributed by atoms with Crippen LogP contribution in [0.25, 0.3) is 0 Å². The molecule has 8 nitrogen and oxygen atoms in total. The van der Waals surface area contributed by atoms with Crippen molar-refractivity contribution in [1.82, 2.24) is 9.88 Å². The largest absolute Gasteiger partial charge is 0.454 e. The minimum absolute atomic E-state index is 0.318. The molecular weight excluding hydrogens is 338 g/mol. The number of rotatable bonds is 5. The van der Waals surface area contributed by atoms with Gasteiger partial charge in [-0.2, -0.15) is 0 Å². The molecule has 0 aliphatic carbocycles. The van der Waals surface area contributed by atoms with E-state index >= 15 is 0 Å². The van der Waals surface area contributed by atoms with Crippen LogP contribution in [0.5, 0.6) is 0 Å². The van der Waals surface area contributed by atoms with E-state index in [-0.39, 0.29) is 12.1 Å². The van der Waals surface area contributed by atoms with Gasteiger partial charge in [0.15, 0.2) is 6.61 Å². The minimum Gasteiger partial charge on any atom is -0.454 e. The number of hydrogen-bond acceptors (Lipinski definition) is 5. The van der Waals surface area contributed by atoms with Crippen molar-refractivity contribution in [2.75, 3.05) is 11.9 Å². The van der Waals surface area contributed by atoms with E-state index in [2.05, 4.69) is 10.6 Å². The lowest BCUT2D eigenvalue weighted by Gasteiger charge is -2.10.